The van der Waals surface area contributed by atoms with Gasteiger partial charge in [0.2, 0.25) is 0 Å². The molecule has 114 valence electrons. The molecule has 2 heterocycles. The van der Waals surface area contributed by atoms with Crippen molar-refractivity contribution in [3.8, 4) is 0 Å². The summed E-state index contributed by atoms with van der Waals surface area (Å²) in [5.41, 5.74) is 5.82. The highest BCUT2D eigenvalue weighted by atomic mass is 32.1. The monoisotopic (exact) mass is 300 g/mol. The molecule has 4 nitrogen and oxygen atoms in total. The van der Waals surface area contributed by atoms with E-state index >= 15 is 0 Å². The second-order valence-electron chi connectivity index (χ2n) is 6.53. The third-order valence-electron chi connectivity index (χ3n) is 3.50. The van der Waals surface area contributed by atoms with Crippen LogP contribution < -0.4 is 5.73 Å². The number of likely N-dealkylation sites (tertiary alicyclic amines) is 1. The fraction of sp³-hybridized carbons (Fsp3) is 0.786. The molecule has 2 N–H and O–H groups in total. The van der Waals surface area contributed by atoms with Crippen molar-refractivity contribution in [3.05, 3.63) is 16.6 Å². The first-order valence-electron chi connectivity index (χ1n) is 7.07. The van der Waals surface area contributed by atoms with Gasteiger partial charge in [-0.05, 0) is 27.3 Å². The molecule has 1 aliphatic rings. The molecule has 0 aliphatic carbocycles. The van der Waals surface area contributed by atoms with Crippen LogP contribution in [0.1, 0.15) is 25.3 Å². The fourth-order valence-electron chi connectivity index (χ4n) is 2.93. The van der Waals surface area contributed by atoms with Gasteiger partial charge in [0.05, 0.1) is 6.54 Å². The maximum atomic E-state index is 13.7. The predicted molar refractivity (Wildman–Crippen MR) is 81.6 cm³/mol. The Balaban J connectivity index is 1.91. The number of nitrogens with zero attached hydrogens (tertiary/aromatic N) is 3. The van der Waals surface area contributed by atoms with Crippen LogP contribution in [0.4, 0.5) is 4.39 Å². The van der Waals surface area contributed by atoms with E-state index in [2.05, 4.69) is 21.8 Å². The van der Waals surface area contributed by atoms with Crippen LogP contribution in [-0.4, -0.2) is 59.2 Å². The third-order valence-corrected chi connectivity index (χ3v) is 4.26. The molecule has 0 aromatic carbocycles. The zero-order valence-electron chi connectivity index (χ0n) is 12.6. The number of thiazole rings is 1. The normalized spacial score (nSPS) is 24.7. The average Bonchev–Trinajstić information content (AvgIpc) is 2.87. The molecule has 6 heteroatoms. The van der Waals surface area contributed by atoms with Gasteiger partial charge >= 0.3 is 0 Å². The first-order valence-corrected chi connectivity index (χ1v) is 7.95. The first-order chi connectivity index (χ1) is 9.33. The lowest BCUT2D eigenvalue weighted by Gasteiger charge is -2.31. The largest absolute Gasteiger partial charge is 0.324 e. The molecule has 2 atom stereocenters. The minimum absolute atomic E-state index is 0.220. The van der Waals surface area contributed by atoms with Crippen molar-refractivity contribution in [1.29, 1.82) is 0 Å². The minimum atomic E-state index is -0.723. The van der Waals surface area contributed by atoms with E-state index in [0.29, 0.717) is 13.0 Å². The zero-order valence-corrected chi connectivity index (χ0v) is 13.4. The van der Waals surface area contributed by atoms with Crippen molar-refractivity contribution in [2.24, 2.45) is 5.73 Å². The summed E-state index contributed by atoms with van der Waals surface area (Å²) in [5, 5.41) is 3.03. The second-order valence-corrected chi connectivity index (χ2v) is 7.51. The fourth-order valence-corrected chi connectivity index (χ4v) is 3.57. The summed E-state index contributed by atoms with van der Waals surface area (Å²) in [6.07, 6.45) is 1.70. The Bertz CT molecular complexity index is 404. The van der Waals surface area contributed by atoms with Gasteiger partial charge in [0.1, 0.15) is 11.2 Å². The molecule has 0 amide bonds. The number of nitrogens with two attached hydrogens (primary N) is 1. The number of aromatic nitrogens is 1. The van der Waals surface area contributed by atoms with Crippen LogP contribution in [0, 0.1) is 0 Å². The van der Waals surface area contributed by atoms with E-state index in [4.69, 9.17) is 5.73 Å². The maximum absolute atomic E-state index is 13.7. The van der Waals surface area contributed by atoms with E-state index in [9.17, 15) is 4.39 Å². The van der Waals surface area contributed by atoms with E-state index in [1.165, 1.54) is 0 Å². The highest BCUT2D eigenvalue weighted by Gasteiger charge is 2.33. The van der Waals surface area contributed by atoms with E-state index in [1.54, 1.807) is 17.5 Å². The number of hydrogen-bond acceptors (Lipinski definition) is 5. The molecule has 1 saturated heterocycles. The maximum Gasteiger partial charge on any atom is 0.114 e. The SMILES string of the molecule is CN(C[C@@H]1C[C@H](F)CN1Cc1nccs1)CC(C)(C)N. The van der Waals surface area contributed by atoms with Gasteiger partial charge in [0, 0.05) is 42.8 Å². The van der Waals surface area contributed by atoms with Crippen molar-refractivity contribution >= 4 is 11.3 Å². The summed E-state index contributed by atoms with van der Waals surface area (Å²) in [7, 11) is 2.06. The van der Waals surface area contributed by atoms with Crippen LogP contribution in [0.5, 0.6) is 0 Å². The van der Waals surface area contributed by atoms with Gasteiger partial charge in [-0.2, -0.15) is 0 Å². The lowest BCUT2D eigenvalue weighted by molar-refractivity contribution is 0.169. The van der Waals surface area contributed by atoms with Gasteiger partial charge in [0.15, 0.2) is 0 Å². The summed E-state index contributed by atoms with van der Waals surface area (Å²) in [6, 6.07) is 0.251. The molecule has 0 radical (unpaired) electrons. The Morgan fingerprint density at radius 3 is 2.95 bits per heavy atom. The minimum Gasteiger partial charge on any atom is -0.324 e. The number of rotatable bonds is 6. The quantitative estimate of drug-likeness (QED) is 0.869. The van der Waals surface area contributed by atoms with Crippen LogP contribution in [0.25, 0.3) is 0 Å². The first kappa shape index (κ1) is 15.8. The second kappa shape index (κ2) is 6.47. The summed E-state index contributed by atoms with van der Waals surface area (Å²) >= 11 is 1.63. The van der Waals surface area contributed by atoms with Crippen molar-refractivity contribution in [1.82, 2.24) is 14.8 Å². The molecule has 0 bridgehead atoms. The number of halogens is 1. The van der Waals surface area contributed by atoms with Gasteiger partial charge in [0.25, 0.3) is 0 Å². The van der Waals surface area contributed by atoms with Gasteiger partial charge in [-0.25, -0.2) is 9.37 Å². The van der Waals surface area contributed by atoms with Crippen LogP contribution in [-0.2, 0) is 6.54 Å². The van der Waals surface area contributed by atoms with Crippen LogP contribution >= 0.6 is 11.3 Å². The van der Waals surface area contributed by atoms with Gasteiger partial charge in [-0.1, -0.05) is 0 Å². The lowest BCUT2D eigenvalue weighted by atomic mass is 10.1. The summed E-state index contributed by atoms with van der Waals surface area (Å²) in [6.45, 7) is 6.97. The summed E-state index contributed by atoms with van der Waals surface area (Å²) in [5.74, 6) is 0. The molecular formula is C14H25FN4S. The Morgan fingerprint density at radius 2 is 2.35 bits per heavy atom. The van der Waals surface area contributed by atoms with E-state index in [-0.39, 0.29) is 11.6 Å². The molecule has 0 saturated carbocycles. The molecule has 0 unspecified atom stereocenters. The number of likely N-dealkylation sites (N-methyl/N-ethyl adjacent to an activating group) is 1. The van der Waals surface area contributed by atoms with E-state index < -0.39 is 6.17 Å². The van der Waals surface area contributed by atoms with Crippen molar-refractivity contribution in [2.75, 3.05) is 26.7 Å². The lowest BCUT2D eigenvalue weighted by Crippen LogP contribution is -2.47. The summed E-state index contributed by atoms with van der Waals surface area (Å²) < 4.78 is 13.7. The Morgan fingerprint density at radius 1 is 1.60 bits per heavy atom. The van der Waals surface area contributed by atoms with Crippen LogP contribution in [0.15, 0.2) is 11.6 Å². The van der Waals surface area contributed by atoms with Gasteiger partial charge in [-0.15, -0.1) is 11.3 Å². The number of alkyl halides is 1. The Hall–Kier alpha value is -0.560. The molecule has 2 rings (SSSR count). The van der Waals surface area contributed by atoms with Crippen LogP contribution in [0.2, 0.25) is 0 Å². The van der Waals surface area contributed by atoms with Gasteiger partial charge in [-0.3, -0.25) is 4.90 Å². The van der Waals surface area contributed by atoms with Crippen LogP contribution in [0.3, 0.4) is 0 Å². The molecule has 20 heavy (non-hydrogen) atoms. The Labute approximate surface area is 124 Å². The molecule has 1 aromatic heterocycles. The van der Waals surface area contributed by atoms with Crippen molar-refractivity contribution in [3.63, 3.8) is 0 Å². The van der Waals surface area contributed by atoms with Crippen molar-refractivity contribution in [2.45, 2.75) is 44.6 Å². The summed E-state index contributed by atoms with van der Waals surface area (Å²) in [4.78, 5) is 8.72. The molecule has 1 fully saturated rings. The van der Waals surface area contributed by atoms with E-state index in [1.807, 2.05) is 19.2 Å². The molecule has 1 aromatic rings. The van der Waals surface area contributed by atoms with Gasteiger partial charge < -0.3 is 10.6 Å². The third kappa shape index (κ3) is 4.77. The van der Waals surface area contributed by atoms with E-state index in [0.717, 1.165) is 24.6 Å². The molecular weight excluding hydrogens is 275 g/mol. The zero-order chi connectivity index (χ0) is 14.8. The van der Waals surface area contributed by atoms with Crippen molar-refractivity contribution < 1.29 is 4.39 Å². The smallest absolute Gasteiger partial charge is 0.114 e. The highest BCUT2D eigenvalue weighted by molar-refractivity contribution is 7.09. The molecule has 1 aliphatic heterocycles. The number of hydrogen-bond donors (Lipinski definition) is 1. The highest BCUT2D eigenvalue weighted by Crippen LogP contribution is 2.24. The average molecular weight is 300 g/mol. The standard InChI is InChI=1S/C14H25FN4S/c1-14(2,16)10-18(3)8-12-6-11(15)7-19(12)9-13-17-4-5-20-13/h4-5,11-12H,6-10,16H2,1-3H3/t11-,12-/m0/s1. The predicted octanol–water partition coefficient (Wildman–Crippen LogP) is 1.72. The Kier molecular flexibility index (Phi) is 5.12. The molecule has 0 spiro atoms. The topological polar surface area (TPSA) is 45.4 Å².